The van der Waals surface area contributed by atoms with Gasteiger partial charge in [0.1, 0.15) is 0 Å². The first-order chi connectivity index (χ1) is 9.95. The number of fused-ring (bicyclic) bond motifs is 1. The SMILES string of the molecule is CCCNC(c1ccc2c(c1)C(C)(C)C(=O)N2)C1CC1C. The molecule has 114 valence electrons. The van der Waals surface area contributed by atoms with Crippen molar-refractivity contribution in [2.24, 2.45) is 11.8 Å². The van der Waals surface area contributed by atoms with Crippen LogP contribution in [0.3, 0.4) is 0 Å². The summed E-state index contributed by atoms with van der Waals surface area (Å²) in [7, 11) is 0. The van der Waals surface area contributed by atoms with Gasteiger partial charge < -0.3 is 10.6 Å². The first-order valence-corrected chi connectivity index (χ1v) is 8.14. The van der Waals surface area contributed by atoms with Gasteiger partial charge in [-0.1, -0.05) is 26.0 Å². The molecule has 3 heteroatoms. The first-order valence-electron chi connectivity index (χ1n) is 8.14. The Morgan fingerprint density at radius 2 is 2.14 bits per heavy atom. The van der Waals surface area contributed by atoms with Crippen LogP contribution >= 0.6 is 0 Å². The molecule has 1 amide bonds. The van der Waals surface area contributed by atoms with E-state index in [1.54, 1.807) is 0 Å². The van der Waals surface area contributed by atoms with E-state index in [1.807, 2.05) is 13.8 Å². The molecular weight excluding hydrogens is 260 g/mol. The number of anilines is 1. The highest BCUT2D eigenvalue weighted by atomic mass is 16.2. The molecule has 0 bridgehead atoms. The molecule has 2 aliphatic rings. The van der Waals surface area contributed by atoms with Crippen LogP contribution in [0.4, 0.5) is 5.69 Å². The second kappa shape index (κ2) is 5.13. The lowest BCUT2D eigenvalue weighted by Gasteiger charge is -2.22. The van der Waals surface area contributed by atoms with Crippen LogP contribution in [0.2, 0.25) is 0 Å². The summed E-state index contributed by atoms with van der Waals surface area (Å²) < 4.78 is 0. The van der Waals surface area contributed by atoms with Crippen molar-refractivity contribution in [3.63, 3.8) is 0 Å². The molecule has 1 fully saturated rings. The van der Waals surface area contributed by atoms with Gasteiger partial charge in [0.2, 0.25) is 5.91 Å². The molecule has 1 aliphatic carbocycles. The third-order valence-electron chi connectivity index (χ3n) is 5.11. The van der Waals surface area contributed by atoms with Crippen LogP contribution in [0.15, 0.2) is 18.2 Å². The molecule has 1 aromatic rings. The molecule has 3 nitrogen and oxygen atoms in total. The van der Waals surface area contributed by atoms with Gasteiger partial charge in [-0.05, 0) is 62.3 Å². The van der Waals surface area contributed by atoms with E-state index in [-0.39, 0.29) is 5.91 Å². The van der Waals surface area contributed by atoms with Crippen molar-refractivity contribution in [1.29, 1.82) is 0 Å². The van der Waals surface area contributed by atoms with E-state index in [0.717, 1.165) is 36.1 Å². The minimum Gasteiger partial charge on any atom is -0.325 e. The number of amides is 1. The third-order valence-corrected chi connectivity index (χ3v) is 5.11. The van der Waals surface area contributed by atoms with Gasteiger partial charge in [0.25, 0.3) is 0 Å². The quantitative estimate of drug-likeness (QED) is 0.868. The number of benzene rings is 1. The molecule has 0 saturated heterocycles. The second-order valence-corrected chi connectivity index (χ2v) is 7.19. The summed E-state index contributed by atoms with van der Waals surface area (Å²) in [6, 6.07) is 6.92. The summed E-state index contributed by atoms with van der Waals surface area (Å²) in [5.74, 6) is 1.65. The molecule has 0 aromatic heterocycles. The number of carbonyl (C=O) groups excluding carboxylic acids is 1. The minimum absolute atomic E-state index is 0.104. The van der Waals surface area contributed by atoms with E-state index in [2.05, 4.69) is 42.7 Å². The molecule has 1 aliphatic heterocycles. The molecule has 21 heavy (non-hydrogen) atoms. The largest absolute Gasteiger partial charge is 0.325 e. The summed E-state index contributed by atoms with van der Waals surface area (Å²) in [5, 5.41) is 6.69. The normalized spacial score (nSPS) is 27.1. The van der Waals surface area contributed by atoms with Gasteiger partial charge in [0, 0.05) is 11.7 Å². The van der Waals surface area contributed by atoms with Crippen LogP contribution in [0.1, 0.15) is 57.7 Å². The monoisotopic (exact) mass is 286 g/mol. The molecule has 3 unspecified atom stereocenters. The van der Waals surface area contributed by atoms with E-state index in [1.165, 1.54) is 12.0 Å². The number of nitrogens with one attached hydrogen (secondary N) is 2. The summed E-state index contributed by atoms with van der Waals surface area (Å²) in [4.78, 5) is 12.1. The Morgan fingerprint density at radius 1 is 1.43 bits per heavy atom. The lowest BCUT2D eigenvalue weighted by molar-refractivity contribution is -0.119. The van der Waals surface area contributed by atoms with Crippen molar-refractivity contribution in [1.82, 2.24) is 5.32 Å². The molecule has 1 heterocycles. The number of hydrogen-bond donors (Lipinski definition) is 2. The maximum atomic E-state index is 12.1. The molecule has 1 saturated carbocycles. The van der Waals surface area contributed by atoms with Crippen molar-refractivity contribution in [3.8, 4) is 0 Å². The number of hydrogen-bond acceptors (Lipinski definition) is 2. The Hall–Kier alpha value is -1.35. The Balaban J connectivity index is 1.92. The fourth-order valence-corrected chi connectivity index (χ4v) is 3.41. The molecule has 2 N–H and O–H groups in total. The van der Waals surface area contributed by atoms with Crippen LogP contribution in [-0.2, 0) is 10.2 Å². The zero-order chi connectivity index (χ0) is 15.2. The molecule has 0 radical (unpaired) electrons. The predicted octanol–water partition coefficient (Wildman–Crippen LogP) is 3.61. The van der Waals surface area contributed by atoms with Crippen molar-refractivity contribution in [3.05, 3.63) is 29.3 Å². The maximum absolute atomic E-state index is 12.1. The zero-order valence-electron chi connectivity index (χ0n) is 13.5. The summed E-state index contributed by atoms with van der Waals surface area (Å²) in [6.45, 7) is 9.59. The zero-order valence-corrected chi connectivity index (χ0v) is 13.5. The lowest BCUT2D eigenvalue weighted by atomic mass is 9.84. The smallest absolute Gasteiger partial charge is 0.234 e. The van der Waals surface area contributed by atoms with Gasteiger partial charge in [-0.3, -0.25) is 4.79 Å². The predicted molar refractivity (Wildman–Crippen MR) is 86.4 cm³/mol. The lowest BCUT2D eigenvalue weighted by Crippen LogP contribution is -2.27. The van der Waals surface area contributed by atoms with Crippen LogP contribution < -0.4 is 10.6 Å². The van der Waals surface area contributed by atoms with Crippen LogP contribution in [0.25, 0.3) is 0 Å². The summed E-state index contributed by atoms with van der Waals surface area (Å²) >= 11 is 0. The van der Waals surface area contributed by atoms with E-state index >= 15 is 0 Å². The Kier molecular flexibility index (Phi) is 3.56. The van der Waals surface area contributed by atoms with E-state index in [4.69, 9.17) is 0 Å². The number of rotatable bonds is 5. The average Bonchev–Trinajstić information content (AvgIpc) is 3.11. The third kappa shape index (κ3) is 2.48. The molecule has 3 atom stereocenters. The second-order valence-electron chi connectivity index (χ2n) is 7.19. The fraction of sp³-hybridized carbons (Fsp3) is 0.611. The Bertz CT molecular complexity index is 564. The first kappa shape index (κ1) is 14.6. The summed E-state index contributed by atoms with van der Waals surface area (Å²) in [5.41, 5.74) is 3.03. The summed E-state index contributed by atoms with van der Waals surface area (Å²) in [6.07, 6.45) is 2.45. The van der Waals surface area contributed by atoms with E-state index in [0.29, 0.717) is 6.04 Å². The topological polar surface area (TPSA) is 41.1 Å². The van der Waals surface area contributed by atoms with E-state index < -0.39 is 5.41 Å². The Labute approximate surface area is 127 Å². The molecule has 0 spiro atoms. The standard InChI is InChI=1S/C18H26N2O/c1-5-8-19-16(13-9-11(13)2)12-6-7-15-14(10-12)18(3,4)17(21)20-15/h6-7,10-11,13,16,19H,5,8-9H2,1-4H3,(H,20,21). The van der Waals surface area contributed by atoms with Crippen LogP contribution in [0, 0.1) is 11.8 Å². The highest BCUT2D eigenvalue weighted by molar-refractivity contribution is 6.05. The van der Waals surface area contributed by atoms with Gasteiger partial charge in [0.05, 0.1) is 5.41 Å². The van der Waals surface area contributed by atoms with Crippen LogP contribution in [0.5, 0.6) is 0 Å². The highest BCUT2D eigenvalue weighted by Crippen LogP contribution is 2.48. The van der Waals surface area contributed by atoms with Gasteiger partial charge in [-0.25, -0.2) is 0 Å². The maximum Gasteiger partial charge on any atom is 0.234 e. The molecule has 3 rings (SSSR count). The van der Waals surface area contributed by atoms with E-state index in [9.17, 15) is 4.79 Å². The van der Waals surface area contributed by atoms with Gasteiger partial charge in [0.15, 0.2) is 0 Å². The average molecular weight is 286 g/mol. The van der Waals surface area contributed by atoms with Gasteiger partial charge >= 0.3 is 0 Å². The van der Waals surface area contributed by atoms with Crippen molar-refractivity contribution in [2.75, 3.05) is 11.9 Å². The number of carbonyl (C=O) groups is 1. The van der Waals surface area contributed by atoms with Crippen molar-refractivity contribution in [2.45, 2.75) is 52.0 Å². The fourth-order valence-electron chi connectivity index (χ4n) is 3.41. The van der Waals surface area contributed by atoms with Crippen molar-refractivity contribution >= 4 is 11.6 Å². The van der Waals surface area contributed by atoms with Gasteiger partial charge in [-0.15, -0.1) is 0 Å². The minimum atomic E-state index is -0.421. The van der Waals surface area contributed by atoms with Crippen molar-refractivity contribution < 1.29 is 4.79 Å². The molecular formula is C18H26N2O. The molecule has 1 aromatic carbocycles. The highest BCUT2D eigenvalue weighted by Gasteiger charge is 2.42. The van der Waals surface area contributed by atoms with Gasteiger partial charge in [-0.2, -0.15) is 0 Å². The Morgan fingerprint density at radius 3 is 2.76 bits per heavy atom. The van der Waals surface area contributed by atoms with Crippen LogP contribution in [-0.4, -0.2) is 12.5 Å².